The zero-order chi connectivity index (χ0) is 14.7. The summed E-state index contributed by atoms with van der Waals surface area (Å²) < 4.78 is 0. The van der Waals surface area contributed by atoms with Crippen LogP contribution in [0.5, 0.6) is 0 Å². The Morgan fingerprint density at radius 2 is 1.76 bits per heavy atom. The molecular weight excluding hydrogens is 260 g/mol. The Labute approximate surface area is 124 Å². The van der Waals surface area contributed by atoms with Gasteiger partial charge in [-0.05, 0) is 36.6 Å². The molecule has 0 aliphatic heterocycles. The van der Waals surface area contributed by atoms with Crippen LogP contribution < -0.4 is 5.73 Å². The molecule has 1 aromatic heterocycles. The van der Waals surface area contributed by atoms with E-state index < -0.39 is 0 Å². The first-order chi connectivity index (χ1) is 10.2. The van der Waals surface area contributed by atoms with Gasteiger partial charge >= 0.3 is 0 Å². The summed E-state index contributed by atoms with van der Waals surface area (Å²) in [6, 6.07) is 18.0. The van der Waals surface area contributed by atoms with Crippen LogP contribution in [-0.4, -0.2) is 15.0 Å². The van der Waals surface area contributed by atoms with Crippen LogP contribution >= 0.6 is 0 Å². The monoisotopic (exact) mass is 278 g/mol. The van der Waals surface area contributed by atoms with Crippen molar-refractivity contribution in [2.75, 3.05) is 0 Å². The molecule has 0 spiro atoms. The summed E-state index contributed by atoms with van der Waals surface area (Å²) in [4.78, 5) is 1.62. The first-order valence-electron chi connectivity index (χ1n) is 7.02. The minimum Gasteiger partial charge on any atom is -0.322 e. The third-order valence-electron chi connectivity index (χ3n) is 3.58. The minimum absolute atomic E-state index is 0.149. The van der Waals surface area contributed by atoms with Crippen molar-refractivity contribution >= 4 is 0 Å². The first kappa shape index (κ1) is 13.5. The molecule has 1 atom stereocenters. The van der Waals surface area contributed by atoms with E-state index in [-0.39, 0.29) is 6.04 Å². The largest absolute Gasteiger partial charge is 0.322 e. The molecule has 4 nitrogen and oxygen atoms in total. The first-order valence-corrected chi connectivity index (χ1v) is 7.02. The summed E-state index contributed by atoms with van der Waals surface area (Å²) in [5, 5.41) is 8.78. The molecule has 106 valence electrons. The quantitative estimate of drug-likeness (QED) is 0.798. The van der Waals surface area contributed by atoms with Crippen LogP contribution in [0.3, 0.4) is 0 Å². The molecule has 0 aliphatic carbocycles. The lowest BCUT2D eigenvalue weighted by Crippen LogP contribution is -2.15. The van der Waals surface area contributed by atoms with E-state index in [0.717, 1.165) is 17.8 Å². The van der Waals surface area contributed by atoms with Gasteiger partial charge in [-0.1, -0.05) is 42.5 Å². The SMILES string of the molecule is Cc1ccccc1CC(N)c1cnn(-c2ccccc2)n1. The van der Waals surface area contributed by atoms with Crippen LogP contribution in [0.25, 0.3) is 5.69 Å². The number of benzene rings is 2. The minimum atomic E-state index is -0.149. The van der Waals surface area contributed by atoms with Crippen LogP contribution in [0, 0.1) is 6.92 Å². The number of aryl methyl sites for hydroxylation is 1. The van der Waals surface area contributed by atoms with Crippen molar-refractivity contribution in [3.05, 3.63) is 77.6 Å². The van der Waals surface area contributed by atoms with Crippen molar-refractivity contribution in [3.8, 4) is 5.69 Å². The lowest BCUT2D eigenvalue weighted by molar-refractivity contribution is 0.664. The zero-order valence-corrected chi connectivity index (χ0v) is 12.0. The maximum Gasteiger partial charge on any atom is 0.100 e. The second-order valence-corrected chi connectivity index (χ2v) is 5.13. The van der Waals surface area contributed by atoms with Gasteiger partial charge in [-0.3, -0.25) is 0 Å². The summed E-state index contributed by atoms with van der Waals surface area (Å²) >= 11 is 0. The molecule has 4 heteroatoms. The standard InChI is InChI=1S/C17H18N4/c1-13-7-5-6-8-14(13)11-16(18)17-12-19-21(20-17)15-9-3-2-4-10-15/h2-10,12,16H,11,18H2,1H3. The van der Waals surface area contributed by atoms with E-state index in [2.05, 4.69) is 29.3 Å². The maximum absolute atomic E-state index is 6.27. The molecule has 3 rings (SSSR count). The Bertz CT molecular complexity index is 718. The third kappa shape index (κ3) is 3.01. The average Bonchev–Trinajstić information content (AvgIpc) is 3.00. The number of rotatable bonds is 4. The van der Waals surface area contributed by atoms with E-state index >= 15 is 0 Å². The summed E-state index contributed by atoms with van der Waals surface area (Å²) in [5.74, 6) is 0. The van der Waals surface area contributed by atoms with E-state index in [1.165, 1.54) is 11.1 Å². The maximum atomic E-state index is 6.27. The normalized spacial score (nSPS) is 12.3. The molecule has 0 bridgehead atoms. The molecule has 1 unspecified atom stereocenters. The Morgan fingerprint density at radius 3 is 2.52 bits per heavy atom. The highest BCUT2D eigenvalue weighted by atomic mass is 15.5. The predicted octanol–water partition coefficient (Wildman–Crippen LogP) is 2.82. The fourth-order valence-corrected chi connectivity index (χ4v) is 2.31. The van der Waals surface area contributed by atoms with Gasteiger partial charge in [-0.2, -0.15) is 15.0 Å². The second-order valence-electron chi connectivity index (χ2n) is 5.13. The number of nitrogens with zero attached hydrogens (tertiary/aromatic N) is 3. The number of nitrogens with two attached hydrogens (primary N) is 1. The number of hydrogen-bond donors (Lipinski definition) is 1. The lowest BCUT2D eigenvalue weighted by Gasteiger charge is -2.10. The Morgan fingerprint density at radius 1 is 1.05 bits per heavy atom. The molecule has 0 radical (unpaired) electrons. The predicted molar refractivity (Wildman–Crippen MR) is 83.2 cm³/mol. The topological polar surface area (TPSA) is 56.7 Å². The van der Waals surface area contributed by atoms with Gasteiger partial charge in [0, 0.05) is 0 Å². The molecule has 1 heterocycles. The van der Waals surface area contributed by atoms with E-state index in [4.69, 9.17) is 5.73 Å². The van der Waals surface area contributed by atoms with Gasteiger partial charge in [0.25, 0.3) is 0 Å². The highest BCUT2D eigenvalue weighted by molar-refractivity contribution is 5.29. The van der Waals surface area contributed by atoms with E-state index in [1.807, 2.05) is 42.5 Å². The van der Waals surface area contributed by atoms with Crippen molar-refractivity contribution in [2.45, 2.75) is 19.4 Å². The van der Waals surface area contributed by atoms with Gasteiger partial charge in [0.15, 0.2) is 0 Å². The summed E-state index contributed by atoms with van der Waals surface area (Å²) in [7, 11) is 0. The molecule has 0 aliphatic rings. The molecule has 0 saturated heterocycles. The van der Waals surface area contributed by atoms with Crippen molar-refractivity contribution in [3.63, 3.8) is 0 Å². The summed E-state index contributed by atoms with van der Waals surface area (Å²) in [6.07, 6.45) is 2.51. The number of aromatic nitrogens is 3. The van der Waals surface area contributed by atoms with Crippen LogP contribution in [-0.2, 0) is 6.42 Å². The second kappa shape index (κ2) is 5.89. The fourth-order valence-electron chi connectivity index (χ4n) is 2.31. The van der Waals surface area contributed by atoms with Crippen molar-refractivity contribution in [2.24, 2.45) is 5.73 Å². The molecule has 3 aromatic rings. The van der Waals surface area contributed by atoms with Crippen molar-refractivity contribution in [1.29, 1.82) is 0 Å². The van der Waals surface area contributed by atoms with Crippen molar-refractivity contribution in [1.82, 2.24) is 15.0 Å². The average molecular weight is 278 g/mol. The van der Waals surface area contributed by atoms with E-state index in [0.29, 0.717) is 0 Å². The van der Waals surface area contributed by atoms with Gasteiger partial charge in [0.05, 0.1) is 17.9 Å². The summed E-state index contributed by atoms with van der Waals surface area (Å²) in [5.41, 5.74) is 10.5. The smallest absolute Gasteiger partial charge is 0.100 e. The van der Waals surface area contributed by atoms with Gasteiger partial charge in [0.2, 0.25) is 0 Å². The van der Waals surface area contributed by atoms with Crippen LogP contribution in [0.1, 0.15) is 22.9 Å². The Balaban J connectivity index is 1.79. The molecule has 2 N–H and O–H groups in total. The zero-order valence-electron chi connectivity index (χ0n) is 12.0. The summed E-state index contributed by atoms with van der Waals surface area (Å²) in [6.45, 7) is 2.10. The van der Waals surface area contributed by atoms with Crippen LogP contribution in [0.4, 0.5) is 0 Å². The Hall–Kier alpha value is -2.46. The van der Waals surface area contributed by atoms with Gasteiger partial charge in [-0.25, -0.2) is 0 Å². The lowest BCUT2D eigenvalue weighted by atomic mass is 10.0. The van der Waals surface area contributed by atoms with Crippen molar-refractivity contribution < 1.29 is 0 Å². The highest BCUT2D eigenvalue weighted by Gasteiger charge is 2.13. The molecule has 21 heavy (non-hydrogen) atoms. The van der Waals surface area contributed by atoms with Crippen LogP contribution in [0.15, 0.2) is 60.8 Å². The van der Waals surface area contributed by atoms with E-state index in [1.54, 1.807) is 11.0 Å². The molecule has 2 aromatic carbocycles. The molecule has 0 amide bonds. The molecule has 0 fully saturated rings. The number of para-hydroxylation sites is 1. The molecule has 0 saturated carbocycles. The number of hydrogen-bond acceptors (Lipinski definition) is 3. The third-order valence-corrected chi connectivity index (χ3v) is 3.58. The van der Waals surface area contributed by atoms with Gasteiger partial charge in [-0.15, -0.1) is 0 Å². The van der Waals surface area contributed by atoms with Gasteiger partial charge < -0.3 is 5.73 Å². The fraction of sp³-hybridized carbons (Fsp3) is 0.176. The van der Waals surface area contributed by atoms with Crippen LogP contribution in [0.2, 0.25) is 0 Å². The Kier molecular flexibility index (Phi) is 3.79. The van der Waals surface area contributed by atoms with Gasteiger partial charge in [0.1, 0.15) is 5.69 Å². The molecular formula is C17H18N4. The highest BCUT2D eigenvalue weighted by Crippen LogP contribution is 2.17. The van der Waals surface area contributed by atoms with E-state index in [9.17, 15) is 0 Å².